The van der Waals surface area contributed by atoms with Gasteiger partial charge in [0.15, 0.2) is 0 Å². The van der Waals surface area contributed by atoms with E-state index >= 15 is 0 Å². The van der Waals surface area contributed by atoms with Gasteiger partial charge in [0.25, 0.3) is 0 Å². The minimum atomic E-state index is -4.03. The van der Waals surface area contributed by atoms with Gasteiger partial charge in [-0.15, -0.1) is 0 Å². The van der Waals surface area contributed by atoms with Crippen LogP contribution in [0.5, 0.6) is 0 Å². The molecule has 1 heterocycles. The molecule has 0 N–H and O–H groups in total. The SMILES string of the molecule is CC/C(=C\CC/C(=C/C(=O)OC)OS(=O)(=O)c1ccc(C)cc1)CC[C@H]1O[C@@]1(C)CC. The predicted molar refractivity (Wildman–Crippen MR) is 120 cm³/mol. The van der Waals surface area contributed by atoms with Crippen LogP contribution in [0, 0.1) is 6.92 Å². The molecule has 0 radical (unpaired) electrons. The Kier molecular flexibility index (Phi) is 8.89. The Bertz CT molecular complexity index is 914. The molecule has 1 aliphatic heterocycles. The molecule has 6 nitrogen and oxygen atoms in total. The summed E-state index contributed by atoms with van der Waals surface area (Å²) in [5, 5.41) is 0. The first-order chi connectivity index (χ1) is 14.6. The third-order valence-electron chi connectivity index (χ3n) is 5.75. The fourth-order valence-electron chi connectivity index (χ4n) is 3.35. The molecular formula is C24H34O6S. The monoisotopic (exact) mass is 450 g/mol. The molecule has 0 spiro atoms. The summed E-state index contributed by atoms with van der Waals surface area (Å²) < 4.78 is 40.9. The molecule has 1 aliphatic rings. The largest absolute Gasteiger partial charge is 0.466 e. The molecule has 1 fully saturated rings. The van der Waals surface area contributed by atoms with Crippen molar-refractivity contribution in [2.75, 3.05) is 7.11 Å². The van der Waals surface area contributed by atoms with Gasteiger partial charge in [-0.2, -0.15) is 8.42 Å². The molecule has 172 valence electrons. The van der Waals surface area contributed by atoms with E-state index in [-0.39, 0.29) is 22.7 Å². The van der Waals surface area contributed by atoms with Gasteiger partial charge in [0.05, 0.1) is 24.9 Å². The number of rotatable bonds is 12. The molecule has 1 aromatic rings. The molecule has 0 aliphatic carbocycles. The van der Waals surface area contributed by atoms with Crippen LogP contribution in [-0.2, 0) is 28.6 Å². The Morgan fingerprint density at radius 1 is 1.19 bits per heavy atom. The van der Waals surface area contributed by atoms with Gasteiger partial charge in [-0.1, -0.05) is 43.2 Å². The fourth-order valence-corrected chi connectivity index (χ4v) is 4.33. The standard InChI is InChI=1S/C24H34O6S/c1-6-19(13-16-22-24(4,7-2)29-22)9-8-10-20(17-23(25)28-5)30-31(26,27)21-14-11-18(3)12-15-21/h9,11-12,14-15,17,22H,6-8,10,13,16H2,1-5H3/b19-9+,20-17-/t22-,24+/m1/s1. The first kappa shape index (κ1) is 25.1. The highest BCUT2D eigenvalue weighted by Gasteiger charge is 2.49. The van der Waals surface area contributed by atoms with E-state index in [0.717, 1.165) is 37.3 Å². The van der Waals surface area contributed by atoms with Crippen LogP contribution in [-0.4, -0.2) is 33.2 Å². The Balaban J connectivity index is 2.01. The molecule has 0 saturated carbocycles. The van der Waals surface area contributed by atoms with E-state index in [0.29, 0.717) is 12.5 Å². The number of esters is 1. The van der Waals surface area contributed by atoms with Gasteiger partial charge in [-0.05, 0) is 58.1 Å². The molecule has 1 saturated heterocycles. The van der Waals surface area contributed by atoms with Crippen molar-refractivity contribution in [2.24, 2.45) is 0 Å². The maximum absolute atomic E-state index is 12.6. The lowest BCUT2D eigenvalue weighted by Crippen LogP contribution is -2.09. The number of benzene rings is 1. The molecule has 0 aromatic heterocycles. The highest BCUT2D eigenvalue weighted by molar-refractivity contribution is 7.86. The van der Waals surface area contributed by atoms with Crippen LogP contribution in [0.4, 0.5) is 0 Å². The van der Waals surface area contributed by atoms with Crippen LogP contribution in [0.2, 0.25) is 0 Å². The zero-order chi connectivity index (χ0) is 23.1. The maximum atomic E-state index is 12.6. The normalized spacial score (nSPS) is 21.6. The first-order valence-corrected chi connectivity index (χ1v) is 12.2. The number of allylic oxidation sites excluding steroid dienone is 3. The molecule has 0 unspecified atom stereocenters. The number of hydrogen-bond donors (Lipinski definition) is 0. The number of epoxide rings is 1. The lowest BCUT2D eigenvalue weighted by molar-refractivity contribution is -0.135. The van der Waals surface area contributed by atoms with Crippen molar-refractivity contribution in [2.45, 2.75) is 82.8 Å². The zero-order valence-electron chi connectivity index (χ0n) is 19.1. The summed E-state index contributed by atoms with van der Waals surface area (Å²) in [6, 6.07) is 6.37. The Morgan fingerprint density at radius 2 is 1.87 bits per heavy atom. The van der Waals surface area contributed by atoms with Crippen molar-refractivity contribution in [3.63, 3.8) is 0 Å². The highest BCUT2D eigenvalue weighted by Crippen LogP contribution is 2.42. The van der Waals surface area contributed by atoms with Crippen molar-refractivity contribution in [3.05, 3.63) is 53.3 Å². The van der Waals surface area contributed by atoms with Gasteiger partial charge < -0.3 is 13.7 Å². The lowest BCUT2D eigenvalue weighted by Gasteiger charge is -2.11. The minimum Gasteiger partial charge on any atom is -0.466 e. The molecule has 7 heteroatoms. The van der Waals surface area contributed by atoms with E-state index in [1.165, 1.54) is 24.8 Å². The van der Waals surface area contributed by atoms with Crippen LogP contribution in [0.1, 0.15) is 64.9 Å². The summed E-state index contributed by atoms with van der Waals surface area (Å²) in [4.78, 5) is 11.8. The summed E-state index contributed by atoms with van der Waals surface area (Å²) in [6.07, 6.45) is 8.18. The van der Waals surface area contributed by atoms with Crippen molar-refractivity contribution in [1.82, 2.24) is 0 Å². The van der Waals surface area contributed by atoms with E-state index < -0.39 is 16.1 Å². The summed E-state index contributed by atoms with van der Waals surface area (Å²) in [6.45, 7) is 8.25. The second kappa shape index (κ2) is 11.0. The molecule has 0 amide bonds. The van der Waals surface area contributed by atoms with Gasteiger partial charge in [0, 0.05) is 6.42 Å². The number of aryl methyl sites for hydroxylation is 1. The molecule has 1 aromatic carbocycles. The molecule has 0 bridgehead atoms. The first-order valence-electron chi connectivity index (χ1n) is 10.8. The van der Waals surface area contributed by atoms with Gasteiger partial charge in [0.1, 0.15) is 10.7 Å². The second-order valence-corrected chi connectivity index (χ2v) is 9.60. The van der Waals surface area contributed by atoms with Crippen LogP contribution in [0.3, 0.4) is 0 Å². The van der Waals surface area contributed by atoms with E-state index in [4.69, 9.17) is 8.92 Å². The highest BCUT2D eigenvalue weighted by atomic mass is 32.2. The molecular weight excluding hydrogens is 416 g/mol. The number of methoxy groups -OCH3 is 1. The van der Waals surface area contributed by atoms with Gasteiger partial charge in [0.2, 0.25) is 0 Å². The summed E-state index contributed by atoms with van der Waals surface area (Å²) >= 11 is 0. The van der Waals surface area contributed by atoms with Crippen LogP contribution in [0.15, 0.2) is 52.6 Å². The Labute approximate surface area is 186 Å². The second-order valence-electron chi connectivity index (χ2n) is 8.05. The van der Waals surface area contributed by atoms with Crippen molar-refractivity contribution >= 4 is 16.1 Å². The molecule has 31 heavy (non-hydrogen) atoms. The van der Waals surface area contributed by atoms with E-state index in [1.54, 1.807) is 12.1 Å². The van der Waals surface area contributed by atoms with Crippen molar-refractivity contribution in [1.29, 1.82) is 0 Å². The summed E-state index contributed by atoms with van der Waals surface area (Å²) in [7, 11) is -2.79. The quantitative estimate of drug-likeness (QED) is 0.108. The third-order valence-corrected chi connectivity index (χ3v) is 7.03. The smallest absolute Gasteiger partial charge is 0.338 e. The fraction of sp³-hybridized carbons (Fsp3) is 0.542. The third kappa shape index (κ3) is 7.51. The van der Waals surface area contributed by atoms with Crippen LogP contribution < -0.4 is 0 Å². The topological polar surface area (TPSA) is 82.2 Å². The summed E-state index contributed by atoms with van der Waals surface area (Å²) in [5.74, 6) is -0.596. The predicted octanol–water partition coefficient (Wildman–Crippen LogP) is 5.22. The van der Waals surface area contributed by atoms with Crippen LogP contribution >= 0.6 is 0 Å². The van der Waals surface area contributed by atoms with Crippen LogP contribution in [0.25, 0.3) is 0 Å². The van der Waals surface area contributed by atoms with Gasteiger partial charge >= 0.3 is 16.1 Å². The van der Waals surface area contributed by atoms with E-state index in [1.807, 2.05) is 6.92 Å². The van der Waals surface area contributed by atoms with Gasteiger partial charge in [-0.3, -0.25) is 0 Å². The summed E-state index contributed by atoms with van der Waals surface area (Å²) in [5.41, 5.74) is 2.25. The average molecular weight is 451 g/mol. The van der Waals surface area contributed by atoms with Crippen molar-refractivity contribution in [3.8, 4) is 0 Å². The van der Waals surface area contributed by atoms with E-state index in [2.05, 4.69) is 31.6 Å². The van der Waals surface area contributed by atoms with Gasteiger partial charge in [-0.25, -0.2) is 4.79 Å². The molecule has 2 atom stereocenters. The number of carbonyl (C=O) groups is 1. The number of carbonyl (C=O) groups excluding carboxylic acids is 1. The zero-order valence-corrected chi connectivity index (χ0v) is 20.0. The van der Waals surface area contributed by atoms with E-state index in [9.17, 15) is 13.2 Å². The minimum absolute atomic E-state index is 0.0213. The molecule has 2 rings (SSSR count). The maximum Gasteiger partial charge on any atom is 0.338 e. The number of hydrogen-bond acceptors (Lipinski definition) is 6. The lowest BCUT2D eigenvalue weighted by atomic mass is 9.97. The Hall–Kier alpha value is -2.12. The number of ether oxygens (including phenoxy) is 2. The Morgan fingerprint density at radius 3 is 2.42 bits per heavy atom. The van der Waals surface area contributed by atoms with Crippen molar-refractivity contribution < 1.29 is 26.9 Å². The average Bonchev–Trinajstić information content (AvgIpc) is 3.40.